The highest BCUT2D eigenvalue weighted by Gasteiger charge is 2.31. The molecule has 212 valence electrons. The summed E-state index contributed by atoms with van der Waals surface area (Å²) in [6, 6.07) is 1.39. The third-order valence-electron chi connectivity index (χ3n) is 5.57. The third-order valence-corrected chi connectivity index (χ3v) is 6.22. The van der Waals surface area contributed by atoms with Crippen molar-refractivity contribution in [2.45, 2.75) is 62.7 Å². The summed E-state index contributed by atoms with van der Waals surface area (Å²) in [7, 11) is 0. The van der Waals surface area contributed by atoms with Crippen molar-refractivity contribution >= 4 is 41.4 Å². The molecule has 0 saturated heterocycles. The van der Waals surface area contributed by atoms with Crippen LogP contribution in [0.2, 0.25) is 0 Å². The first-order chi connectivity index (χ1) is 18.0. The lowest BCUT2D eigenvalue weighted by Crippen LogP contribution is -2.58. The standard InChI is InChI=1S/C24H38N6O7S/c1-38-11-9-17(28-21(33)16(26)12-14-5-7-15(31)8-6-14)22(34)30-19(13-20(27)32)23(35)29-18(24(36)37)4-2-3-10-25/h5-8,16-19,31H,2-4,9-13,25-26H2,1H3,(H2,27,32)(H,28,33)(H,29,35)(H,30,34)(H,36,37). The van der Waals surface area contributed by atoms with Crippen LogP contribution in [-0.4, -0.2) is 82.5 Å². The first-order valence-electron chi connectivity index (χ1n) is 12.1. The molecule has 1 aromatic rings. The Labute approximate surface area is 225 Å². The van der Waals surface area contributed by atoms with E-state index in [1.54, 1.807) is 12.1 Å². The summed E-state index contributed by atoms with van der Waals surface area (Å²) in [5, 5.41) is 26.1. The summed E-state index contributed by atoms with van der Waals surface area (Å²) in [5.41, 5.74) is 17.4. The van der Waals surface area contributed by atoms with Gasteiger partial charge in [-0.15, -0.1) is 0 Å². The number of benzene rings is 1. The summed E-state index contributed by atoms with van der Waals surface area (Å²) in [6.45, 7) is 0.363. The number of unbranched alkanes of at least 4 members (excludes halogenated alkanes) is 1. The molecule has 0 aromatic heterocycles. The highest BCUT2D eigenvalue weighted by molar-refractivity contribution is 7.98. The van der Waals surface area contributed by atoms with Crippen molar-refractivity contribution < 1.29 is 34.2 Å². The summed E-state index contributed by atoms with van der Waals surface area (Å²) in [5.74, 6) is -3.85. The van der Waals surface area contributed by atoms with Crippen molar-refractivity contribution in [3.8, 4) is 5.75 Å². The van der Waals surface area contributed by atoms with Crippen LogP contribution in [0.1, 0.15) is 37.7 Å². The maximum atomic E-state index is 13.1. The molecule has 4 amide bonds. The van der Waals surface area contributed by atoms with E-state index in [2.05, 4.69) is 16.0 Å². The molecule has 4 unspecified atom stereocenters. The minimum Gasteiger partial charge on any atom is -0.508 e. The van der Waals surface area contributed by atoms with Gasteiger partial charge in [0.2, 0.25) is 23.6 Å². The van der Waals surface area contributed by atoms with E-state index >= 15 is 0 Å². The molecule has 0 bridgehead atoms. The van der Waals surface area contributed by atoms with Crippen molar-refractivity contribution in [1.82, 2.24) is 16.0 Å². The smallest absolute Gasteiger partial charge is 0.326 e. The van der Waals surface area contributed by atoms with Gasteiger partial charge in [-0.3, -0.25) is 19.2 Å². The Balaban J connectivity index is 2.93. The van der Waals surface area contributed by atoms with Gasteiger partial charge in [-0.05, 0) is 68.4 Å². The molecule has 14 heteroatoms. The van der Waals surface area contributed by atoms with Crippen molar-refractivity contribution in [1.29, 1.82) is 0 Å². The molecule has 0 spiro atoms. The zero-order valence-corrected chi connectivity index (χ0v) is 22.2. The van der Waals surface area contributed by atoms with E-state index in [1.165, 1.54) is 23.9 Å². The maximum absolute atomic E-state index is 13.1. The fraction of sp³-hybridized carbons (Fsp3) is 0.542. The highest BCUT2D eigenvalue weighted by atomic mass is 32.2. The number of carbonyl (C=O) groups is 5. The average molecular weight is 555 g/mol. The van der Waals surface area contributed by atoms with Gasteiger partial charge in [0.15, 0.2) is 0 Å². The van der Waals surface area contributed by atoms with E-state index < -0.39 is 60.2 Å². The number of carboxylic acids is 1. The number of primary amides is 1. The second-order valence-corrected chi connectivity index (χ2v) is 9.72. The molecule has 1 aromatic carbocycles. The molecule has 11 N–H and O–H groups in total. The van der Waals surface area contributed by atoms with Crippen LogP contribution in [0.5, 0.6) is 5.75 Å². The van der Waals surface area contributed by atoms with Gasteiger partial charge in [-0.25, -0.2) is 4.79 Å². The number of nitrogens with two attached hydrogens (primary N) is 3. The normalized spacial score (nSPS) is 14.0. The first kappa shape index (κ1) is 32.7. The molecule has 0 heterocycles. The molecule has 0 aliphatic heterocycles. The average Bonchev–Trinajstić information content (AvgIpc) is 2.86. The minimum atomic E-state index is -1.45. The van der Waals surface area contributed by atoms with E-state index in [0.717, 1.165) is 0 Å². The first-order valence-corrected chi connectivity index (χ1v) is 13.5. The number of carbonyl (C=O) groups excluding carboxylic acids is 4. The van der Waals surface area contributed by atoms with Crippen LogP contribution in [-0.2, 0) is 30.4 Å². The maximum Gasteiger partial charge on any atom is 0.326 e. The number of phenolic OH excluding ortho intramolecular Hbond substituents is 1. The monoisotopic (exact) mass is 554 g/mol. The summed E-state index contributed by atoms with van der Waals surface area (Å²) < 4.78 is 0. The van der Waals surface area contributed by atoms with Crippen molar-refractivity contribution in [3.63, 3.8) is 0 Å². The van der Waals surface area contributed by atoms with Crippen LogP contribution in [0.15, 0.2) is 24.3 Å². The minimum absolute atomic E-state index is 0.0698. The predicted molar refractivity (Wildman–Crippen MR) is 143 cm³/mol. The van der Waals surface area contributed by atoms with Crippen molar-refractivity contribution in [3.05, 3.63) is 29.8 Å². The lowest BCUT2D eigenvalue weighted by molar-refractivity contribution is -0.142. The van der Waals surface area contributed by atoms with Crippen molar-refractivity contribution in [2.24, 2.45) is 17.2 Å². The second kappa shape index (κ2) is 17.2. The van der Waals surface area contributed by atoms with Crippen LogP contribution < -0.4 is 33.2 Å². The zero-order chi connectivity index (χ0) is 28.7. The molecular formula is C24H38N6O7S. The topological polar surface area (TPSA) is 240 Å². The lowest BCUT2D eigenvalue weighted by atomic mass is 10.0. The Morgan fingerprint density at radius 1 is 0.895 bits per heavy atom. The van der Waals surface area contributed by atoms with Gasteiger partial charge < -0.3 is 43.4 Å². The van der Waals surface area contributed by atoms with Crippen LogP contribution in [0.25, 0.3) is 0 Å². The number of aromatic hydroxyl groups is 1. The number of thioether (sulfide) groups is 1. The van der Waals surface area contributed by atoms with E-state index in [9.17, 15) is 34.2 Å². The van der Waals surface area contributed by atoms with Gasteiger partial charge in [0, 0.05) is 0 Å². The molecule has 0 aliphatic carbocycles. The Morgan fingerprint density at radius 3 is 2.03 bits per heavy atom. The summed E-state index contributed by atoms with van der Waals surface area (Å²) in [4.78, 5) is 61.7. The molecule has 0 fully saturated rings. The van der Waals surface area contributed by atoms with Crippen molar-refractivity contribution in [2.75, 3.05) is 18.6 Å². The fourth-order valence-electron chi connectivity index (χ4n) is 3.47. The van der Waals surface area contributed by atoms with Gasteiger partial charge in [0.1, 0.15) is 23.9 Å². The molecule has 0 radical (unpaired) electrons. The van der Waals surface area contributed by atoms with Gasteiger partial charge in [-0.1, -0.05) is 12.1 Å². The number of hydrogen-bond acceptors (Lipinski definition) is 9. The highest BCUT2D eigenvalue weighted by Crippen LogP contribution is 2.11. The Bertz CT molecular complexity index is 947. The Hall–Kier alpha value is -3.36. The van der Waals surface area contributed by atoms with Gasteiger partial charge in [-0.2, -0.15) is 11.8 Å². The van der Waals surface area contributed by atoms with Crippen LogP contribution >= 0.6 is 11.8 Å². The largest absolute Gasteiger partial charge is 0.508 e. The summed E-state index contributed by atoms with van der Waals surface area (Å²) in [6.07, 6.45) is 2.72. The molecule has 0 aliphatic rings. The number of phenols is 1. The predicted octanol–water partition coefficient (Wildman–Crippen LogP) is -1.44. The SMILES string of the molecule is CSCCC(NC(=O)C(N)Cc1ccc(O)cc1)C(=O)NC(CC(N)=O)C(=O)NC(CCCCN)C(=O)O. The quantitative estimate of drug-likeness (QED) is 0.0982. The number of rotatable bonds is 18. The molecule has 0 saturated carbocycles. The van der Waals surface area contributed by atoms with E-state index in [4.69, 9.17) is 17.2 Å². The number of nitrogens with one attached hydrogen (secondary N) is 3. The Kier molecular flexibility index (Phi) is 14.8. The number of carboxylic acid groups (broad SMARTS) is 1. The van der Waals surface area contributed by atoms with Crippen LogP contribution in [0, 0.1) is 0 Å². The van der Waals surface area contributed by atoms with Gasteiger partial charge in [0.05, 0.1) is 12.5 Å². The van der Waals surface area contributed by atoms with Crippen LogP contribution in [0.4, 0.5) is 0 Å². The Morgan fingerprint density at radius 2 is 1.47 bits per heavy atom. The van der Waals surface area contributed by atoms with E-state index in [-0.39, 0.29) is 25.0 Å². The number of hydrogen-bond donors (Lipinski definition) is 8. The third kappa shape index (κ3) is 12.3. The zero-order valence-electron chi connectivity index (χ0n) is 21.4. The van der Waals surface area contributed by atoms with E-state index in [1.807, 2.05) is 6.26 Å². The lowest BCUT2D eigenvalue weighted by Gasteiger charge is -2.24. The van der Waals surface area contributed by atoms with Gasteiger partial charge >= 0.3 is 5.97 Å². The molecular weight excluding hydrogens is 516 g/mol. The molecule has 1 rings (SSSR count). The summed E-state index contributed by atoms with van der Waals surface area (Å²) >= 11 is 1.43. The second-order valence-electron chi connectivity index (χ2n) is 8.74. The number of aliphatic carboxylic acids is 1. The molecule has 4 atom stereocenters. The van der Waals surface area contributed by atoms with E-state index in [0.29, 0.717) is 30.7 Å². The molecule has 13 nitrogen and oxygen atoms in total. The fourth-order valence-corrected chi connectivity index (χ4v) is 3.94. The van der Waals surface area contributed by atoms with Gasteiger partial charge in [0.25, 0.3) is 0 Å². The molecule has 38 heavy (non-hydrogen) atoms. The number of amides is 4. The van der Waals surface area contributed by atoms with Crippen LogP contribution in [0.3, 0.4) is 0 Å².